The minimum atomic E-state index is -0.920. The molecule has 5 nitrogen and oxygen atoms in total. The van der Waals surface area contributed by atoms with Crippen LogP contribution in [-0.4, -0.2) is 27.2 Å². The first kappa shape index (κ1) is 12.2. The Labute approximate surface area is 104 Å². The summed E-state index contributed by atoms with van der Waals surface area (Å²) in [7, 11) is 0. The molecule has 0 amide bonds. The highest BCUT2D eigenvalue weighted by Gasteiger charge is 2.16. The number of carboxylic acid groups (broad SMARTS) is 1. The summed E-state index contributed by atoms with van der Waals surface area (Å²) in [5.74, 6) is -0.323. The zero-order chi connectivity index (χ0) is 13.1. The highest BCUT2D eigenvalue weighted by Crippen LogP contribution is 2.25. The Morgan fingerprint density at radius 1 is 1.44 bits per heavy atom. The van der Waals surface area contributed by atoms with Crippen molar-refractivity contribution in [2.45, 2.75) is 19.4 Å². The van der Waals surface area contributed by atoms with Crippen molar-refractivity contribution in [3.8, 4) is 5.75 Å². The van der Waals surface area contributed by atoms with Gasteiger partial charge < -0.3 is 15.5 Å². The minimum absolute atomic E-state index is 0.127. The number of aromatic hydroxyl groups is 1. The molecule has 1 unspecified atom stereocenters. The van der Waals surface area contributed by atoms with Crippen LogP contribution in [0.3, 0.4) is 0 Å². The minimum Gasteiger partial charge on any atom is -0.508 e. The van der Waals surface area contributed by atoms with Gasteiger partial charge in [-0.05, 0) is 30.0 Å². The smallest absolute Gasteiger partial charge is 0.326 e. The lowest BCUT2D eigenvalue weighted by atomic mass is 10.1. The quantitative estimate of drug-likeness (QED) is 0.770. The van der Waals surface area contributed by atoms with E-state index in [0.717, 1.165) is 5.39 Å². The van der Waals surface area contributed by atoms with E-state index in [2.05, 4.69) is 10.3 Å². The van der Waals surface area contributed by atoms with Crippen molar-refractivity contribution in [1.82, 2.24) is 4.98 Å². The van der Waals surface area contributed by atoms with Gasteiger partial charge in [0.2, 0.25) is 0 Å². The van der Waals surface area contributed by atoms with Gasteiger partial charge in [-0.2, -0.15) is 0 Å². The Balaban J connectivity index is 2.44. The van der Waals surface area contributed by atoms with Crippen LogP contribution >= 0.6 is 0 Å². The predicted molar refractivity (Wildman–Crippen MR) is 68.7 cm³/mol. The standard InChI is InChI=1S/C13H14N2O3/c1-2-11(13(17)18)15-12-10-7-9(16)4-3-8(10)5-6-14-12/h3-7,11,16H,2H2,1H3,(H,14,15)(H,17,18). The average molecular weight is 246 g/mol. The Bertz CT molecular complexity index is 583. The van der Waals surface area contributed by atoms with Crippen LogP contribution < -0.4 is 5.32 Å². The zero-order valence-corrected chi connectivity index (χ0v) is 9.92. The molecule has 0 spiro atoms. The molecule has 18 heavy (non-hydrogen) atoms. The number of pyridine rings is 1. The Kier molecular flexibility index (Phi) is 3.32. The number of phenols is 1. The summed E-state index contributed by atoms with van der Waals surface area (Å²) in [5.41, 5.74) is 0. The molecule has 0 fully saturated rings. The molecule has 0 aliphatic heterocycles. The number of phenolic OH excluding ortho intramolecular Hbond substituents is 1. The van der Waals surface area contributed by atoms with E-state index in [9.17, 15) is 9.90 Å². The van der Waals surface area contributed by atoms with Crippen molar-refractivity contribution in [3.63, 3.8) is 0 Å². The average Bonchev–Trinajstić information content (AvgIpc) is 2.35. The molecule has 3 N–H and O–H groups in total. The normalized spacial score (nSPS) is 12.3. The summed E-state index contributed by atoms with van der Waals surface area (Å²) in [6, 6.07) is 6.03. The van der Waals surface area contributed by atoms with Crippen molar-refractivity contribution < 1.29 is 15.0 Å². The van der Waals surface area contributed by atoms with E-state index in [4.69, 9.17) is 5.11 Å². The maximum absolute atomic E-state index is 11.0. The second-order valence-electron chi connectivity index (χ2n) is 4.01. The van der Waals surface area contributed by atoms with Gasteiger partial charge in [-0.1, -0.05) is 13.0 Å². The van der Waals surface area contributed by atoms with Crippen molar-refractivity contribution in [3.05, 3.63) is 30.5 Å². The monoisotopic (exact) mass is 246 g/mol. The topological polar surface area (TPSA) is 82.5 Å². The van der Waals surface area contributed by atoms with Gasteiger partial charge in [-0.3, -0.25) is 0 Å². The number of carbonyl (C=O) groups is 1. The number of nitrogens with one attached hydrogen (secondary N) is 1. The molecule has 2 rings (SSSR count). The van der Waals surface area contributed by atoms with Gasteiger partial charge in [-0.25, -0.2) is 9.78 Å². The van der Waals surface area contributed by atoms with Crippen LogP contribution in [0.4, 0.5) is 5.82 Å². The molecule has 0 aliphatic rings. The van der Waals surface area contributed by atoms with E-state index in [-0.39, 0.29) is 5.75 Å². The predicted octanol–water partition coefficient (Wildman–Crippen LogP) is 2.22. The SMILES string of the molecule is CCC(Nc1nccc2ccc(O)cc12)C(=O)O. The fourth-order valence-corrected chi connectivity index (χ4v) is 1.77. The van der Waals surface area contributed by atoms with Gasteiger partial charge in [0, 0.05) is 11.6 Å². The molecule has 0 bridgehead atoms. The first-order chi connectivity index (χ1) is 8.61. The van der Waals surface area contributed by atoms with E-state index in [0.29, 0.717) is 17.6 Å². The second kappa shape index (κ2) is 4.91. The molecule has 5 heteroatoms. The largest absolute Gasteiger partial charge is 0.508 e. The molecule has 1 aromatic heterocycles. The first-order valence-electron chi connectivity index (χ1n) is 5.69. The van der Waals surface area contributed by atoms with Crippen LogP contribution in [-0.2, 0) is 4.79 Å². The molecule has 1 aromatic carbocycles. The number of rotatable bonds is 4. The highest BCUT2D eigenvalue weighted by atomic mass is 16.4. The fourth-order valence-electron chi connectivity index (χ4n) is 1.77. The molecule has 1 heterocycles. The number of nitrogens with zero attached hydrogens (tertiary/aromatic N) is 1. The number of carboxylic acids is 1. The van der Waals surface area contributed by atoms with E-state index in [1.54, 1.807) is 31.3 Å². The van der Waals surface area contributed by atoms with Gasteiger partial charge in [0.15, 0.2) is 0 Å². The highest BCUT2D eigenvalue weighted by molar-refractivity contribution is 5.94. The molecule has 0 saturated heterocycles. The third-order valence-corrected chi connectivity index (χ3v) is 2.77. The van der Waals surface area contributed by atoms with Crippen molar-refractivity contribution in [2.75, 3.05) is 5.32 Å². The van der Waals surface area contributed by atoms with E-state index in [1.807, 2.05) is 6.07 Å². The van der Waals surface area contributed by atoms with Crippen LogP contribution in [0, 0.1) is 0 Å². The van der Waals surface area contributed by atoms with E-state index >= 15 is 0 Å². The first-order valence-corrected chi connectivity index (χ1v) is 5.69. The Morgan fingerprint density at radius 3 is 2.89 bits per heavy atom. The second-order valence-corrected chi connectivity index (χ2v) is 4.01. The van der Waals surface area contributed by atoms with Gasteiger partial charge in [-0.15, -0.1) is 0 Å². The summed E-state index contributed by atoms with van der Waals surface area (Å²) in [6.07, 6.45) is 2.06. The number of benzene rings is 1. The number of aromatic nitrogens is 1. The number of aliphatic carboxylic acids is 1. The van der Waals surface area contributed by atoms with Crippen LogP contribution in [0.5, 0.6) is 5.75 Å². The summed E-state index contributed by atoms with van der Waals surface area (Å²) >= 11 is 0. The van der Waals surface area contributed by atoms with Gasteiger partial charge >= 0.3 is 5.97 Å². The maximum Gasteiger partial charge on any atom is 0.326 e. The maximum atomic E-state index is 11.0. The molecule has 94 valence electrons. The van der Waals surface area contributed by atoms with Crippen molar-refractivity contribution in [1.29, 1.82) is 0 Å². The molecular formula is C13H14N2O3. The molecule has 2 aromatic rings. The molecule has 0 aliphatic carbocycles. The summed E-state index contributed by atoms with van der Waals surface area (Å²) in [4.78, 5) is 15.1. The summed E-state index contributed by atoms with van der Waals surface area (Å²) in [6.45, 7) is 1.79. The molecule has 1 atom stereocenters. The van der Waals surface area contributed by atoms with Gasteiger partial charge in [0.1, 0.15) is 17.6 Å². The summed E-state index contributed by atoms with van der Waals surface area (Å²) in [5, 5.41) is 23.0. The lowest BCUT2D eigenvalue weighted by Crippen LogP contribution is -2.28. The third-order valence-electron chi connectivity index (χ3n) is 2.77. The van der Waals surface area contributed by atoms with Gasteiger partial charge in [0.05, 0.1) is 0 Å². The van der Waals surface area contributed by atoms with Crippen molar-refractivity contribution >= 4 is 22.6 Å². The lowest BCUT2D eigenvalue weighted by Gasteiger charge is -2.14. The van der Waals surface area contributed by atoms with Crippen LogP contribution in [0.1, 0.15) is 13.3 Å². The third kappa shape index (κ3) is 2.34. The number of anilines is 1. The molecule has 0 radical (unpaired) electrons. The Hall–Kier alpha value is -2.30. The van der Waals surface area contributed by atoms with Crippen molar-refractivity contribution in [2.24, 2.45) is 0 Å². The fraction of sp³-hybridized carbons (Fsp3) is 0.231. The number of hydrogen-bond acceptors (Lipinski definition) is 4. The number of hydrogen-bond donors (Lipinski definition) is 3. The van der Waals surface area contributed by atoms with E-state index < -0.39 is 12.0 Å². The van der Waals surface area contributed by atoms with E-state index in [1.165, 1.54) is 0 Å². The van der Waals surface area contributed by atoms with Crippen LogP contribution in [0.15, 0.2) is 30.5 Å². The van der Waals surface area contributed by atoms with Crippen LogP contribution in [0.2, 0.25) is 0 Å². The Morgan fingerprint density at radius 2 is 2.22 bits per heavy atom. The lowest BCUT2D eigenvalue weighted by molar-refractivity contribution is -0.137. The summed E-state index contributed by atoms with van der Waals surface area (Å²) < 4.78 is 0. The molecular weight excluding hydrogens is 232 g/mol. The van der Waals surface area contributed by atoms with Crippen LogP contribution in [0.25, 0.3) is 10.8 Å². The number of fused-ring (bicyclic) bond motifs is 1. The molecule has 0 saturated carbocycles. The zero-order valence-electron chi connectivity index (χ0n) is 9.92. The van der Waals surface area contributed by atoms with Gasteiger partial charge in [0.25, 0.3) is 0 Å².